The summed E-state index contributed by atoms with van der Waals surface area (Å²) >= 11 is 0. The summed E-state index contributed by atoms with van der Waals surface area (Å²) in [6.07, 6.45) is 10.1. The first-order valence-electron chi connectivity index (χ1n) is 3.36. The number of Topliss-reactive ketones (excluding diaryl/α,β-unsaturated/α-hetero) is 1. The highest BCUT2D eigenvalue weighted by atomic mass is 16.1. The second-order valence-electron chi connectivity index (χ2n) is 2.16. The van der Waals surface area contributed by atoms with Crippen molar-refractivity contribution in [2.45, 2.75) is 0 Å². The van der Waals surface area contributed by atoms with E-state index < -0.39 is 0 Å². The van der Waals surface area contributed by atoms with Crippen LogP contribution in [-0.4, -0.2) is 5.78 Å². The van der Waals surface area contributed by atoms with Gasteiger partial charge in [0.2, 0.25) is 5.78 Å². The number of ketones is 1. The Morgan fingerprint density at radius 2 is 1.92 bits per heavy atom. The third-order valence-corrected chi connectivity index (χ3v) is 1.46. The molecule has 0 unspecified atom stereocenters. The largest absolute Gasteiger partial charge is 0.279 e. The van der Waals surface area contributed by atoms with E-state index in [1.54, 1.807) is 24.3 Å². The third kappa shape index (κ3) is 1.36. The van der Waals surface area contributed by atoms with E-state index in [0.29, 0.717) is 11.1 Å². The Bertz CT molecular complexity index is 388. The Hall–Kier alpha value is -1.99. The molecule has 0 spiro atoms. The summed E-state index contributed by atoms with van der Waals surface area (Å²) in [5, 5.41) is 0. The highest BCUT2D eigenvalue weighted by Gasteiger charge is 2.04. The third-order valence-electron chi connectivity index (χ3n) is 1.46. The van der Waals surface area contributed by atoms with Crippen LogP contribution in [0.4, 0.5) is 0 Å². The molecule has 0 aliphatic heterocycles. The monoisotopic (exact) mass is 154 g/mol. The Morgan fingerprint density at radius 3 is 2.50 bits per heavy atom. The maximum atomic E-state index is 11.1. The molecule has 0 aliphatic carbocycles. The number of hydrogen-bond acceptors (Lipinski definition) is 1. The van der Waals surface area contributed by atoms with Crippen molar-refractivity contribution in [2.24, 2.45) is 0 Å². The highest BCUT2D eigenvalue weighted by molar-refractivity contribution is 6.10. The molecule has 0 saturated heterocycles. The fraction of sp³-hybridized carbons (Fsp3) is 0. The van der Waals surface area contributed by atoms with Crippen molar-refractivity contribution in [1.29, 1.82) is 0 Å². The molecule has 0 fully saturated rings. The second-order valence-corrected chi connectivity index (χ2v) is 2.16. The minimum atomic E-state index is -0.372. The van der Waals surface area contributed by atoms with Crippen LogP contribution in [0.5, 0.6) is 0 Å². The molecule has 0 amide bonds. The molecular weight excluding hydrogens is 148 g/mol. The maximum absolute atomic E-state index is 11.1. The molecule has 0 saturated carbocycles. The molecule has 56 valence electrons. The number of terminal acetylenes is 2. The number of carbonyl (C=O) groups excluding carboxylic acids is 1. The lowest BCUT2D eigenvalue weighted by atomic mass is 10.0. The van der Waals surface area contributed by atoms with Gasteiger partial charge in [-0.1, -0.05) is 18.1 Å². The maximum Gasteiger partial charge on any atom is 0.236 e. The predicted octanol–water partition coefficient (Wildman–Crippen LogP) is 1.48. The van der Waals surface area contributed by atoms with Gasteiger partial charge in [0.25, 0.3) is 0 Å². The van der Waals surface area contributed by atoms with Gasteiger partial charge in [0.05, 0.1) is 0 Å². The van der Waals surface area contributed by atoms with Crippen LogP contribution in [0.15, 0.2) is 24.3 Å². The zero-order valence-corrected chi connectivity index (χ0v) is 6.37. The SMILES string of the molecule is C#CC(=O)c1ccccc1C#C. The van der Waals surface area contributed by atoms with Crippen molar-refractivity contribution >= 4 is 5.78 Å². The minimum Gasteiger partial charge on any atom is -0.279 e. The number of rotatable bonds is 1. The zero-order valence-electron chi connectivity index (χ0n) is 6.37. The molecule has 0 aliphatic rings. The summed E-state index contributed by atoms with van der Waals surface area (Å²) in [4.78, 5) is 11.1. The lowest BCUT2D eigenvalue weighted by Crippen LogP contribution is -1.97. The summed E-state index contributed by atoms with van der Waals surface area (Å²) in [5.74, 6) is 4.04. The van der Waals surface area contributed by atoms with Gasteiger partial charge in [0.1, 0.15) is 0 Å². The highest BCUT2D eigenvalue weighted by Crippen LogP contribution is 2.06. The average Bonchev–Trinajstić information content (AvgIpc) is 2.16. The number of hydrogen-bond donors (Lipinski definition) is 0. The van der Waals surface area contributed by atoms with Crippen LogP contribution in [0.3, 0.4) is 0 Å². The summed E-state index contributed by atoms with van der Waals surface area (Å²) in [5.41, 5.74) is 0.961. The van der Waals surface area contributed by atoms with Crippen LogP contribution < -0.4 is 0 Å². The summed E-state index contributed by atoms with van der Waals surface area (Å²) in [6, 6.07) is 6.80. The zero-order chi connectivity index (χ0) is 8.97. The molecule has 1 heteroatoms. The van der Waals surface area contributed by atoms with Crippen molar-refractivity contribution < 1.29 is 4.79 Å². The molecule has 0 atom stereocenters. The smallest absolute Gasteiger partial charge is 0.236 e. The van der Waals surface area contributed by atoms with Crippen LogP contribution in [-0.2, 0) is 0 Å². The van der Waals surface area contributed by atoms with Crippen molar-refractivity contribution in [1.82, 2.24) is 0 Å². The van der Waals surface area contributed by atoms with Gasteiger partial charge in [-0.15, -0.1) is 12.8 Å². The lowest BCUT2D eigenvalue weighted by molar-refractivity contribution is 0.105. The summed E-state index contributed by atoms with van der Waals surface area (Å²) in [7, 11) is 0. The van der Waals surface area contributed by atoms with Crippen LogP contribution in [0.2, 0.25) is 0 Å². The summed E-state index contributed by atoms with van der Waals surface area (Å²) < 4.78 is 0. The van der Waals surface area contributed by atoms with Gasteiger partial charge in [0.15, 0.2) is 0 Å². The first-order valence-corrected chi connectivity index (χ1v) is 3.36. The van der Waals surface area contributed by atoms with Gasteiger partial charge in [-0.3, -0.25) is 4.79 Å². The molecule has 1 aromatic carbocycles. The Kier molecular flexibility index (Phi) is 2.31. The fourth-order valence-electron chi connectivity index (χ4n) is 0.885. The topological polar surface area (TPSA) is 17.1 Å². The molecule has 0 heterocycles. The van der Waals surface area contributed by atoms with Gasteiger partial charge >= 0.3 is 0 Å². The quantitative estimate of drug-likeness (QED) is 0.340. The van der Waals surface area contributed by atoms with E-state index in [1.807, 2.05) is 5.92 Å². The Labute approximate surface area is 71.4 Å². The molecule has 0 aromatic heterocycles. The van der Waals surface area contributed by atoms with Crippen molar-refractivity contribution in [3.05, 3.63) is 35.4 Å². The molecule has 1 aromatic rings. The van der Waals surface area contributed by atoms with E-state index in [9.17, 15) is 4.79 Å². The molecule has 0 bridgehead atoms. The average molecular weight is 154 g/mol. The van der Waals surface area contributed by atoms with Crippen molar-refractivity contribution in [2.75, 3.05) is 0 Å². The lowest BCUT2D eigenvalue weighted by Gasteiger charge is -1.96. The van der Waals surface area contributed by atoms with Crippen LogP contribution >= 0.6 is 0 Å². The van der Waals surface area contributed by atoms with E-state index in [1.165, 1.54) is 0 Å². The van der Waals surface area contributed by atoms with E-state index in [0.717, 1.165) is 0 Å². The first-order chi connectivity index (χ1) is 5.79. The van der Waals surface area contributed by atoms with Gasteiger partial charge in [0, 0.05) is 11.1 Å². The molecule has 0 radical (unpaired) electrons. The summed E-state index contributed by atoms with van der Waals surface area (Å²) in [6.45, 7) is 0. The predicted molar refractivity (Wildman–Crippen MR) is 47.5 cm³/mol. The van der Waals surface area contributed by atoms with Gasteiger partial charge < -0.3 is 0 Å². The van der Waals surface area contributed by atoms with Crippen molar-refractivity contribution in [3.8, 4) is 24.7 Å². The van der Waals surface area contributed by atoms with Gasteiger partial charge in [-0.25, -0.2) is 0 Å². The van der Waals surface area contributed by atoms with E-state index >= 15 is 0 Å². The van der Waals surface area contributed by atoms with Crippen molar-refractivity contribution in [3.63, 3.8) is 0 Å². The molecule has 1 rings (SSSR count). The molecule has 12 heavy (non-hydrogen) atoms. The minimum absolute atomic E-state index is 0.372. The molecule has 0 N–H and O–H groups in total. The Balaban J connectivity index is 3.27. The molecule has 1 nitrogen and oxygen atoms in total. The van der Waals surface area contributed by atoms with E-state index in [-0.39, 0.29) is 5.78 Å². The van der Waals surface area contributed by atoms with Crippen LogP contribution in [0.25, 0.3) is 0 Å². The standard InChI is InChI=1S/C11H6O/c1-3-9-7-5-6-8-10(9)11(12)4-2/h1-2,5-8H. The normalized spacial score (nSPS) is 8.17. The van der Waals surface area contributed by atoms with E-state index in [2.05, 4.69) is 5.92 Å². The Morgan fingerprint density at radius 1 is 1.25 bits per heavy atom. The van der Waals surface area contributed by atoms with Gasteiger partial charge in [-0.05, 0) is 18.1 Å². The van der Waals surface area contributed by atoms with Crippen LogP contribution in [0, 0.1) is 24.7 Å². The number of benzene rings is 1. The molecular formula is C11H6O. The van der Waals surface area contributed by atoms with E-state index in [4.69, 9.17) is 12.8 Å². The number of carbonyl (C=O) groups is 1. The van der Waals surface area contributed by atoms with Crippen LogP contribution in [0.1, 0.15) is 15.9 Å². The first kappa shape index (κ1) is 8.11. The second kappa shape index (κ2) is 3.42. The van der Waals surface area contributed by atoms with Gasteiger partial charge in [-0.2, -0.15) is 0 Å². The fourth-order valence-corrected chi connectivity index (χ4v) is 0.885.